The summed E-state index contributed by atoms with van der Waals surface area (Å²) in [6, 6.07) is 8.21. The van der Waals surface area contributed by atoms with E-state index in [1.54, 1.807) is 25.2 Å². The summed E-state index contributed by atoms with van der Waals surface area (Å²) in [4.78, 5) is 13.8. The fourth-order valence-electron chi connectivity index (χ4n) is 2.37. The predicted molar refractivity (Wildman–Crippen MR) is 79.6 cm³/mol. The average molecular weight is 319 g/mol. The molecule has 0 bridgehead atoms. The lowest BCUT2D eigenvalue weighted by atomic mass is 10.1. The zero-order chi connectivity index (χ0) is 16.4. The molecule has 1 aliphatic heterocycles. The molecule has 0 spiro atoms. The summed E-state index contributed by atoms with van der Waals surface area (Å²) in [6.07, 6.45) is 0. The summed E-state index contributed by atoms with van der Waals surface area (Å²) < 4.78 is 37.5. The number of ether oxygens (including phenoxy) is 2. The maximum Gasteiger partial charge on any atom is 0.254 e. The van der Waals surface area contributed by atoms with Crippen LogP contribution in [0.15, 0.2) is 36.4 Å². The number of rotatable bonds is 3. The van der Waals surface area contributed by atoms with Gasteiger partial charge in [0.15, 0.2) is 11.5 Å². The number of carbonyl (C=O) groups excluding carboxylic acids is 1. The topological polar surface area (TPSA) is 38.8 Å². The Bertz CT molecular complexity index is 749. The molecule has 3 rings (SSSR count). The van der Waals surface area contributed by atoms with Crippen molar-refractivity contribution in [2.75, 3.05) is 20.3 Å². The number of hydrogen-bond acceptors (Lipinski definition) is 3. The number of halogens is 2. The van der Waals surface area contributed by atoms with Gasteiger partial charge in [0.1, 0.15) is 24.8 Å². The number of fused-ring (bicyclic) bond motifs is 1. The standard InChI is InChI=1S/C17H15F2NO3/c1-20(10-12-2-4-13(18)9-14(12)19)17(21)11-3-5-15-16(8-11)23-7-6-22-15/h2-5,8-9H,6-7,10H2,1H3. The van der Waals surface area contributed by atoms with Gasteiger partial charge in [-0.05, 0) is 24.3 Å². The highest BCUT2D eigenvalue weighted by molar-refractivity contribution is 5.94. The third-order valence-electron chi connectivity index (χ3n) is 3.56. The van der Waals surface area contributed by atoms with Crippen molar-refractivity contribution >= 4 is 5.91 Å². The van der Waals surface area contributed by atoms with Crippen LogP contribution in [0.5, 0.6) is 11.5 Å². The van der Waals surface area contributed by atoms with E-state index in [-0.39, 0.29) is 18.0 Å². The van der Waals surface area contributed by atoms with Crippen LogP contribution in [0.4, 0.5) is 8.78 Å². The molecule has 1 aliphatic rings. The molecule has 4 nitrogen and oxygen atoms in total. The van der Waals surface area contributed by atoms with Crippen LogP contribution in [-0.4, -0.2) is 31.1 Å². The molecule has 0 radical (unpaired) electrons. The monoisotopic (exact) mass is 319 g/mol. The second-order valence-corrected chi connectivity index (χ2v) is 5.26. The first kappa shape index (κ1) is 15.3. The lowest BCUT2D eigenvalue weighted by molar-refractivity contribution is 0.0782. The van der Waals surface area contributed by atoms with Gasteiger partial charge in [0.25, 0.3) is 5.91 Å². The molecule has 0 aliphatic carbocycles. The lowest BCUT2D eigenvalue weighted by Crippen LogP contribution is -2.27. The summed E-state index contributed by atoms with van der Waals surface area (Å²) in [7, 11) is 1.56. The van der Waals surface area contributed by atoms with Crippen LogP contribution in [0, 0.1) is 11.6 Å². The Hall–Kier alpha value is -2.63. The molecule has 1 amide bonds. The maximum atomic E-state index is 13.7. The molecule has 0 saturated carbocycles. The second-order valence-electron chi connectivity index (χ2n) is 5.26. The Balaban J connectivity index is 1.77. The summed E-state index contributed by atoms with van der Waals surface area (Å²) in [5.74, 6) is -0.493. The van der Waals surface area contributed by atoms with Gasteiger partial charge >= 0.3 is 0 Å². The van der Waals surface area contributed by atoms with Crippen molar-refractivity contribution in [3.05, 3.63) is 59.2 Å². The summed E-state index contributed by atoms with van der Waals surface area (Å²) >= 11 is 0. The molecule has 0 fully saturated rings. The molecule has 0 aromatic heterocycles. The quantitative estimate of drug-likeness (QED) is 0.873. The fraction of sp³-hybridized carbons (Fsp3) is 0.235. The van der Waals surface area contributed by atoms with Gasteiger partial charge in [-0.15, -0.1) is 0 Å². The molecule has 0 unspecified atom stereocenters. The van der Waals surface area contributed by atoms with Crippen LogP contribution in [0.1, 0.15) is 15.9 Å². The Kier molecular flexibility index (Phi) is 4.14. The minimum Gasteiger partial charge on any atom is -0.486 e. The van der Waals surface area contributed by atoms with E-state index in [0.717, 1.165) is 6.07 Å². The Morgan fingerprint density at radius 2 is 1.83 bits per heavy atom. The largest absolute Gasteiger partial charge is 0.486 e. The summed E-state index contributed by atoms with van der Waals surface area (Å²) in [6.45, 7) is 0.949. The highest BCUT2D eigenvalue weighted by atomic mass is 19.1. The molecule has 0 saturated heterocycles. The van der Waals surface area contributed by atoms with Crippen molar-refractivity contribution in [3.63, 3.8) is 0 Å². The van der Waals surface area contributed by atoms with Crippen LogP contribution in [0.2, 0.25) is 0 Å². The Morgan fingerprint density at radius 1 is 1.09 bits per heavy atom. The van der Waals surface area contributed by atoms with E-state index in [0.29, 0.717) is 30.3 Å². The normalized spacial score (nSPS) is 12.8. The Morgan fingerprint density at radius 3 is 2.57 bits per heavy atom. The lowest BCUT2D eigenvalue weighted by Gasteiger charge is -2.21. The predicted octanol–water partition coefficient (Wildman–Crippen LogP) is 3.01. The minimum absolute atomic E-state index is 0.0411. The smallest absolute Gasteiger partial charge is 0.254 e. The van der Waals surface area contributed by atoms with Crippen LogP contribution >= 0.6 is 0 Å². The molecule has 2 aromatic rings. The molecule has 1 heterocycles. The van der Waals surface area contributed by atoms with E-state index >= 15 is 0 Å². The van der Waals surface area contributed by atoms with Gasteiger partial charge in [0.05, 0.1) is 0 Å². The zero-order valence-corrected chi connectivity index (χ0v) is 12.5. The number of amides is 1. The van der Waals surface area contributed by atoms with Crippen molar-refractivity contribution < 1.29 is 23.0 Å². The van der Waals surface area contributed by atoms with E-state index in [2.05, 4.69) is 0 Å². The van der Waals surface area contributed by atoms with E-state index in [1.165, 1.54) is 17.0 Å². The van der Waals surface area contributed by atoms with Crippen LogP contribution < -0.4 is 9.47 Å². The maximum absolute atomic E-state index is 13.7. The van der Waals surface area contributed by atoms with Gasteiger partial charge in [-0.1, -0.05) is 6.07 Å². The number of carbonyl (C=O) groups is 1. The average Bonchev–Trinajstić information content (AvgIpc) is 2.56. The SMILES string of the molecule is CN(Cc1ccc(F)cc1F)C(=O)c1ccc2c(c1)OCCO2. The van der Waals surface area contributed by atoms with Gasteiger partial charge in [-0.25, -0.2) is 8.78 Å². The molecule has 120 valence electrons. The molecule has 2 aromatic carbocycles. The number of nitrogens with zero attached hydrogens (tertiary/aromatic N) is 1. The van der Waals surface area contributed by atoms with Crippen LogP contribution in [0.25, 0.3) is 0 Å². The van der Waals surface area contributed by atoms with Crippen LogP contribution in [-0.2, 0) is 6.54 Å². The van der Waals surface area contributed by atoms with E-state index in [1.807, 2.05) is 0 Å². The third kappa shape index (κ3) is 3.26. The van der Waals surface area contributed by atoms with E-state index in [9.17, 15) is 13.6 Å². The molecule has 0 atom stereocenters. The minimum atomic E-state index is -0.674. The third-order valence-corrected chi connectivity index (χ3v) is 3.56. The summed E-state index contributed by atoms with van der Waals surface area (Å²) in [5.41, 5.74) is 0.666. The highest BCUT2D eigenvalue weighted by Gasteiger charge is 2.18. The van der Waals surface area contributed by atoms with E-state index in [4.69, 9.17) is 9.47 Å². The van der Waals surface area contributed by atoms with Crippen LogP contribution in [0.3, 0.4) is 0 Å². The molecular weight excluding hydrogens is 304 g/mol. The molecule has 0 N–H and O–H groups in total. The summed E-state index contributed by atoms with van der Waals surface area (Å²) in [5, 5.41) is 0. The first-order valence-electron chi connectivity index (χ1n) is 7.13. The van der Waals surface area contributed by atoms with Gasteiger partial charge in [-0.3, -0.25) is 4.79 Å². The number of benzene rings is 2. The highest BCUT2D eigenvalue weighted by Crippen LogP contribution is 2.31. The van der Waals surface area contributed by atoms with E-state index < -0.39 is 11.6 Å². The van der Waals surface area contributed by atoms with Crippen molar-refractivity contribution in [1.82, 2.24) is 4.90 Å². The van der Waals surface area contributed by atoms with Gasteiger partial charge in [0, 0.05) is 30.8 Å². The zero-order valence-electron chi connectivity index (χ0n) is 12.5. The molecule has 23 heavy (non-hydrogen) atoms. The molecule has 6 heteroatoms. The van der Waals surface area contributed by atoms with Gasteiger partial charge in [-0.2, -0.15) is 0 Å². The fourth-order valence-corrected chi connectivity index (χ4v) is 2.37. The molecular formula is C17H15F2NO3. The van der Waals surface area contributed by atoms with Gasteiger partial charge < -0.3 is 14.4 Å². The van der Waals surface area contributed by atoms with Crippen molar-refractivity contribution in [3.8, 4) is 11.5 Å². The first-order chi connectivity index (χ1) is 11.0. The second kappa shape index (κ2) is 6.24. The van der Waals surface area contributed by atoms with Crippen molar-refractivity contribution in [2.45, 2.75) is 6.54 Å². The van der Waals surface area contributed by atoms with Gasteiger partial charge in [0.2, 0.25) is 0 Å². The number of hydrogen-bond donors (Lipinski definition) is 0. The Labute approximate surface area is 132 Å². The van der Waals surface area contributed by atoms with Crippen molar-refractivity contribution in [2.24, 2.45) is 0 Å². The van der Waals surface area contributed by atoms with Crippen molar-refractivity contribution in [1.29, 1.82) is 0 Å². The first-order valence-corrected chi connectivity index (χ1v) is 7.13.